The standard InChI is InChI=1S/C20H24N8O3/c1-13-9-16(20(29)22-11-17-23-12-24-26-17)25-27-19(13)28-7-5-14(6-8-28)31-15-3-4-18(30-2)21-10-15/h3-4,9-10,12,14H,5-8,11H2,1-2H3,(H,22,29)(H,23,24,26). The van der Waals surface area contributed by atoms with Gasteiger partial charge in [0.2, 0.25) is 5.88 Å². The molecule has 0 unspecified atom stereocenters. The third-order valence-corrected chi connectivity index (χ3v) is 5.03. The van der Waals surface area contributed by atoms with Gasteiger partial charge in [0.25, 0.3) is 5.91 Å². The van der Waals surface area contributed by atoms with Crippen molar-refractivity contribution in [1.82, 2.24) is 35.7 Å². The molecule has 4 heterocycles. The Hall–Kier alpha value is -3.76. The van der Waals surface area contributed by atoms with Gasteiger partial charge >= 0.3 is 0 Å². The third-order valence-electron chi connectivity index (χ3n) is 5.03. The summed E-state index contributed by atoms with van der Waals surface area (Å²) in [6, 6.07) is 5.40. The van der Waals surface area contributed by atoms with Gasteiger partial charge in [-0.05, 0) is 24.6 Å². The van der Waals surface area contributed by atoms with E-state index in [1.54, 1.807) is 25.4 Å². The van der Waals surface area contributed by atoms with Gasteiger partial charge in [-0.15, -0.1) is 10.2 Å². The van der Waals surface area contributed by atoms with Crippen LogP contribution in [-0.4, -0.2) is 62.6 Å². The van der Waals surface area contributed by atoms with Crippen LogP contribution in [0.25, 0.3) is 0 Å². The number of nitrogens with one attached hydrogen (secondary N) is 2. The minimum Gasteiger partial charge on any atom is -0.489 e. The number of hydrogen-bond donors (Lipinski definition) is 2. The number of nitrogens with zero attached hydrogens (tertiary/aromatic N) is 6. The first kappa shape index (κ1) is 20.5. The summed E-state index contributed by atoms with van der Waals surface area (Å²) in [6.07, 6.45) is 4.88. The number of hydrogen-bond acceptors (Lipinski definition) is 9. The van der Waals surface area contributed by atoms with Gasteiger partial charge in [-0.3, -0.25) is 9.89 Å². The molecule has 0 aromatic carbocycles. The highest BCUT2D eigenvalue weighted by molar-refractivity contribution is 5.92. The van der Waals surface area contributed by atoms with E-state index in [4.69, 9.17) is 9.47 Å². The summed E-state index contributed by atoms with van der Waals surface area (Å²) in [5, 5.41) is 17.6. The zero-order valence-corrected chi connectivity index (χ0v) is 17.4. The van der Waals surface area contributed by atoms with Crippen LogP contribution in [-0.2, 0) is 6.54 Å². The van der Waals surface area contributed by atoms with Gasteiger partial charge in [-0.25, -0.2) is 9.97 Å². The Morgan fingerprint density at radius 2 is 2.10 bits per heavy atom. The maximum Gasteiger partial charge on any atom is 0.272 e. The van der Waals surface area contributed by atoms with E-state index in [-0.39, 0.29) is 24.2 Å². The summed E-state index contributed by atoms with van der Waals surface area (Å²) in [6.45, 7) is 3.77. The van der Waals surface area contributed by atoms with Crippen LogP contribution in [0.5, 0.6) is 11.6 Å². The number of aromatic nitrogens is 6. The molecule has 4 rings (SSSR count). The Labute approximate surface area is 179 Å². The average Bonchev–Trinajstić information content (AvgIpc) is 3.32. The Morgan fingerprint density at radius 1 is 1.26 bits per heavy atom. The summed E-state index contributed by atoms with van der Waals surface area (Å²) in [5.41, 5.74) is 1.17. The van der Waals surface area contributed by atoms with E-state index in [9.17, 15) is 4.79 Å². The van der Waals surface area contributed by atoms with E-state index in [2.05, 4.69) is 40.6 Å². The predicted molar refractivity (Wildman–Crippen MR) is 111 cm³/mol. The van der Waals surface area contributed by atoms with Crippen molar-refractivity contribution in [2.45, 2.75) is 32.4 Å². The molecular weight excluding hydrogens is 400 g/mol. The second-order valence-corrected chi connectivity index (χ2v) is 7.19. The second kappa shape index (κ2) is 9.37. The van der Waals surface area contributed by atoms with Gasteiger partial charge in [0.05, 0.1) is 19.9 Å². The van der Waals surface area contributed by atoms with E-state index in [1.165, 1.54) is 6.33 Å². The summed E-state index contributed by atoms with van der Waals surface area (Å²) in [7, 11) is 1.58. The molecule has 3 aromatic rings. The number of rotatable bonds is 7. The predicted octanol–water partition coefficient (Wildman–Crippen LogP) is 1.28. The fourth-order valence-electron chi connectivity index (χ4n) is 3.41. The first-order valence-electron chi connectivity index (χ1n) is 10.0. The molecule has 1 amide bonds. The van der Waals surface area contributed by atoms with Crippen molar-refractivity contribution in [3.8, 4) is 11.6 Å². The fourth-order valence-corrected chi connectivity index (χ4v) is 3.41. The first-order valence-corrected chi connectivity index (χ1v) is 10.0. The molecule has 0 saturated carbocycles. The van der Waals surface area contributed by atoms with E-state index in [0.29, 0.717) is 11.7 Å². The van der Waals surface area contributed by atoms with Crippen LogP contribution in [0.3, 0.4) is 0 Å². The SMILES string of the molecule is COc1ccc(OC2CCN(c3nnc(C(=O)NCc4ncn[nH]4)cc3C)CC2)cn1. The minimum absolute atomic E-state index is 0.112. The van der Waals surface area contributed by atoms with E-state index in [1.807, 2.05) is 13.0 Å². The van der Waals surface area contributed by atoms with E-state index < -0.39 is 0 Å². The molecule has 1 aliphatic rings. The van der Waals surface area contributed by atoms with Crippen molar-refractivity contribution in [2.75, 3.05) is 25.1 Å². The highest BCUT2D eigenvalue weighted by Crippen LogP contribution is 2.24. The number of carbonyl (C=O) groups is 1. The molecule has 0 aliphatic carbocycles. The molecule has 1 fully saturated rings. The average molecular weight is 424 g/mol. The summed E-state index contributed by atoms with van der Waals surface area (Å²) >= 11 is 0. The summed E-state index contributed by atoms with van der Waals surface area (Å²) in [5.74, 6) is 2.35. The lowest BCUT2D eigenvalue weighted by Gasteiger charge is -2.33. The monoisotopic (exact) mass is 424 g/mol. The molecule has 1 aliphatic heterocycles. The molecule has 0 radical (unpaired) electrons. The van der Waals surface area contributed by atoms with Gasteiger partial charge in [0, 0.05) is 32.0 Å². The van der Waals surface area contributed by atoms with Crippen LogP contribution in [0.4, 0.5) is 5.82 Å². The van der Waals surface area contributed by atoms with Crippen LogP contribution in [0.15, 0.2) is 30.7 Å². The summed E-state index contributed by atoms with van der Waals surface area (Å²) in [4.78, 5) is 22.6. The maximum atomic E-state index is 12.3. The van der Waals surface area contributed by atoms with Crippen LogP contribution < -0.4 is 19.7 Å². The number of piperidine rings is 1. The zero-order valence-electron chi connectivity index (χ0n) is 17.4. The molecule has 0 atom stereocenters. The van der Waals surface area contributed by atoms with Gasteiger partial charge < -0.3 is 19.7 Å². The molecule has 11 nitrogen and oxygen atoms in total. The van der Waals surface area contributed by atoms with Crippen LogP contribution >= 0.6 is 0 Å². The van der Waals surface area contributed by atoms with Gasteiger partial charge in [-0.1, -0.05) is 0 Å². The lowest BCUT2D eigenvalue weighted by Crippen LogP contribution is -2.39. The van der Waals surface area contributed by atoms with Gasteiger partial charge in [0.15, 0.2) is 11.5 Å². The lowest BCUT2D eigenvalue weighted by atomic mass is 10.1. The third kappa shape index (κ3) is 5.05. The number of aryl methyl sites for hydroxylation is 1. The van der Waals surface area contributed by atoms with Crippen molar-refractivity contribution in [3.05, 3.63) is 47.8 Å². The van der Waals surface area contributed by atoms with Crippen LogP contribution in [0.1, 0.15) is 34.7 Å². The number of carbonyl (C=O) groups excluding carboxylic acids is 1. The lowest BCUT2D eigenvalue weighted by molar-refractivity contribution is 0.0944. The van der Waals surface area contributed by atoms with Crippen molar-refractivity contribution < 1.29 is 14.3 Å². The summed E-state index contributed by atoms with van der Waals surface area (Å²) < 4.78 is 11.1. The topological polar surface area (TPSA) is 131 Å². The molecule has 0 spiro atoms. The molecule has 162 valence electrons. The van der Waals surface area contributed by atoms with Crippen LogP contribution in [0.2, 0.25) is 0 Å². The largest absolute Gasteiger partial charge is 0.489 e. The molecule has 1 saturated heterocycles. The fraction of sp³-hybridized carbons (Fsp3) is 0.400. The second-order valence-electron chi connectivity index (χ2n) is 7.19. The van der Waals surface area contributed by atoms with E-state index in [0.717, 1.165) is 43.1 Å². The Bertz CT molecular complexity index is 1000. The zero-order chi connectivity index (χ0) is 21.6. The van der Waals surface area contributed by atoms with Crippen LogP contribution in [0, 0.1) is 6.92 Å². The number of H-pyrrole nitrogens is 1. The van der Waals surface area contributed by atoms with Crippen molar-refractivity contribution in [1.29, 1.82) is 0 Å². The maximum absolute atomic E-state index is 12.3. The van der Waals surface area contributed by atoms with Crippen molar-refractivity contribution in [3.63, 3.8) is 0 Å². The van der Waals surface area contributed by atoms with Gasteiger partial charge in [0.1, 0.15) is 24.0 Å². The highest BCUT2D eigenvalue weighted by atomic mass is 16.5. The van der Waals surface area contributed by atoms with Gasteiger partial charge in [-0.2, -0.15) is 5.10 Å². The molecule has 3 aromatic heterocycles. The molecule has 11 heteroatoms. The molecule has 2 N–H and O–H groups in total. The number of amides is 1. The number of anilines is 1. The smallest absolute Gasteiger partial charge is 0.272 e. The van der Waals surface area contributed by atoms with Crippen molar-refractivity contribution in [2.24, 2.45) is 0 Å². The number of pyridine rings is 1. The normalized spacial score (nSPS) is 14.3. The molecule has 0 bridgehead atoms. The number of ether oxygens (including phenoxy) is 2. The van der Waals surface area contributed by atoms with E-state index >= 15 is 0 Å². The first-order chi connectivity index (χ1) is 15.1. The molecule has 31 heavy (non-hydrogen) atoms. The Kier molecular flexibility index (Phi) is 6.20. The Morgan fingerprint density at radius 3 is 2.74 bits per heavy atom. The number of aromatic amines is 1. The van der Waals surface area contributed by atoms with Crippen molar-refractivity contribution >= 4 is 11.7 Å². The molecular formula is C20H24N8O3. The Balaban J connectivity index is 1.31. The number of methoxy groups -OCH3 is 1. The minimum atomic E-state index is -0.307. The quantitative estimate of drug-likeness (QED) is 0.576. The highest BCUT2D eigenvalue weighted by Gasteiger charge is 2.23.